The third-order valence-electron chi connectivity index (χ3n) is 3.67. The van der Waals surface area contributed by atoms with Crippen molar-refractivity contribution in [2.45, 2.75) is 12.8 Å². The van der Waals surface area contributed by atoms with Gasteiger partial charge in [-0.3, -0.25) is 4.79 Å². The van der Waals surface area contributed by atoms with E-state index in [0.717, 1.165) is 15.6 Å². The smallest absolute Gasteiger partial charge is 0.224 e. The number of carbonyl (C=O) groups excluding carboxylic acids is 1. The highest BCUT2D eigenvalue weighted by Gasteiger charge is 2.16. The van der Waals surface area contributed by atoms with Gasteiger partial charge in [0.15, 0.2) is 11.5 Å². The minimum Gasteiger partial charge on any atom is -0.486 e. The number of benzene rings is 2. The molecule has 0 radical (unpaired) electrons. The van der Waals surface area contributed by atoms with E-state index in [9.17, 15) is 4.79 Å². The first kappa shape index (κ1) is 17.1. The number of fused-ring (bicyclic) bond motifs is 1. The second-order valence-corrected chi connectivity index (χ2v) is 6.83. The van der Waals surface area contributed by atoms with Crippen LogP contribution in [0.25, 0.3) is 0 Å². The zero-order chi connectivity index (χ0) is 16.9. The van der Waals surface area contributed by atoms with Gasteiger partial charge in [-0.05, 0) is 41.8 Å². The largest absolute Gasteiger partial charge is 0.486 e. The lowest BCUT2D eigenvalue weighted by molar-refractivity contribution is -0.120. The summed E-state index contributed by atoms with van der Waals surface area (Å²) in [6, 6.07) is 11.5. The molecule has 2 aromatic rings. The molecule has 1 aliphatic rings. The molecule has 0 saturated carbocycles. The molecule has 0 spiro atoms. The van der Waals surface area contributed by atoms with Gasteiger partial charge in [0.2, 0.25) is 5.91 Å². The summed E-state index contributed by atoms with van der Waals surface area (Å²) in [5.74, 6) is 1.27. The Morgan fingerprint density at radius 3 is 2.67 bits per heavy atom. The molecule has 4 nitrogen and oxygen atoms in total. The molecule has 0 aliphatic carbocycles. The predicted molar refractivity (Wildman–Crippen MR) is 97.0 cm³/mol. The summed E-state index contributed by atoms with van der Waals surface area (Å²) in [6.07, 6.45) is 1.05. The second kappa shape index (κ2) is 7.90. The van der Waals surface area contributed by atoms with Crippen LogP contribution in [0.2, 0.25) is 5.02 Å². The summed E-state index contributed by atoms with van der Waals surface area (Å²) in [6.45, 7) is 1.58. The van der Waals surface area contributed by atoms with E-state index in [2.05, 4.69) is 21.2 Å². The van der Waals surface area contributed by atoms with Gasteiger partial charge in [-0.1, -0.05) is 39.7 Å². The number of hydrogen-bond acceptors (Lipinski definition) is 3. The standard InChI is InChI=1S/C18H17BrClNO3/c19-14-3-1-12(2-4-14)11-17(22)21-6-5-13-9-15(20)18-16(10-13)23-7-8-24-18/h1-4,9-10H,5-8,11H2,(H,21,22). The molecule has 1 aliphatic heterocycles. The minimum atomic E-state index is 0.000891. The van der Waals surface area contributed by atoms with Crippen LogP contribution in [0.5, 0.6) is 11.5 Å². The summed E-state index contributed by atoms with van der Waals surface area (Å²) in [5, 5.41) is 3.47. The number of nitrogens with one attached hydrogen (secondary N) is 1. The highest BCUT2D eigenvalue weighted by atomic mass is 79.9. The Labute approximate surface area is 154 Å². The first-order valence-electron chi connectivity index (χ1n) is 7.71. The van der Waals surface area contributed by atoms with Crippen LogP contribution in [-0.4, -0.2) is 25.7 Å². The summed E-state index contributed by atoms with van der Waals surface area (Å²) in [7, 11) is 0. The average molecular weight is 411 g/mol. The third-order valence-corrected chi connectivity index (χ3v) is 4.48. The summed E-state index contributed by atoms with van der Waals surface area (Å²) in [5.41, 5.74) is 1.99. The van der Waals surface area contributed by atoms with Crippen molar-refractivity contribution >= 4 is 33.4 Å². The topological polar surface area (TPSA) is 47.6 Å². The van der Waals surface area contributed by atoms with Crippen molar-refractivity contribution in [2.75, 3.05) is 19.8 Å². The van der Waals surface area contributed by atoms with Gasteiger partial charge in [0.1, 0.15) is 13.2 Å². The molecular formula is C18H17BrClNO3. The number of hydrogen-bond donors (Lipinski definition) is 1. The first-order valence-corrected chi connectivity index (χ1v) is 8.88. The van der Waals surface area contributed by atoms with Gasteiger partial charge in [0, 0.05) is 11.0 Å². The Morgan fingerprint density at radius 2 is 1.88 bits per heavy atom. The highest BCUT2D eigenvalue weighted by Crippen LogP contribution is 2.38. The van der Waals surface area contributed by atoms with E-state index >= 15 is 0 Å². The maximum atomic E-state index is 12.0. The van der Waals surface area contributed by atoms with Crippen molar-refractivity contribution < 1.29 is 14.3 Å². The molecule has 0 saturated heterocycles. The van der Waals surface area contributed by atoms with Crippen LogP contribution in [0.1, 0.15) is 11.1 Å². The van der Waals surface area contributed by atoms with Gasteiger partial charge in [-0.2, -0.15) is 0 Å². The maximum Gasteiger partial charge on any atom is 0.224 e. The Bertz CT molecular complexity index is 734. The predicted octanol–water partition coefficient (Wildman–Crippen LogP) is 3.78. The van der Waals surface area contributed by atoms with Crippen LogP contribution in [0.3, 0.4) is 0 Å². The fraction of sp³-hybridized carbons (Fsp3) is 0.278. The molecule has 2 aromatic carbocycles. The molecule has 0 bridgehead atoms. The molecule has 0 aromatic heterocycles. The van der Waals surface area contributed by atoms with Crippen LogP contribution in [0.15, 0.2) is 40.9 Å². The molecular weight excluding hydrogens is 394 g/mol. The fourth-order valence-electron chi connectivity index (χ4n) is 2.50. The molecule has 24 heavy (non-hydrogen) atoms. The third kappa shape index (κ3) is 4.42. The normalized spacial score (nSPS) is 12.8. The Hall–Kier alpha value is -1.72. The van der Waals surface area contributed by atoms with E-state index in [0.29, 0.717) is 49.1 Å². The molecule has 1 heterocycles. The minimum absolute atomic E-state index is 0.000891. The van der Waals surface area contributed by atoms with E-state index < -0.39 is 0 Å². The van der Waals surface area contributed by atoms with Crippen molar-refractivity contribution in [2.24, 2.45) is 0 Å². The van der Waals surface area contributed by atoms with Gasteiger partial charge < -0.3 is 14.8 Å². The fourth-order valence-corrected chi connectivity index (χ4v) is 3.06. The van der Waals surface area contributed by atoms with Gasteiger partial charge in [-0.15, -0.1) is 0 Å². The molecule has 6 heteroatoms. The van der Waals surface area contributed by atoms with E-state index in [1.54, 1.807) is 0 Å². The molecule has 1 amide bonds. The monoisotopic (exact) mass is 409 g/mol. The van der Waals surface area contributed by atoms with Gasteiger partial charge >= 0.3 is 0 Å². The number of ether oxygens (including phenoxy) is 2. The zero-order valence-corrected chi connectivity index (χ0v) is 15.3. The maximum absolute atomic E-state index is 12.0. The van der Waals surface area contributed by atoms with E-state index in [-0.39, 0.29) is 5.91 Å². The lowest BCUT2D eigenvalue weighted by atomic mass is 10.1. The Balaban J connectivity index is 1.52. The average Bonchev–Trinajstić information content (AvgIpc) is 2.57. The number of carbonyl (C=O) groups is 1. The lowest BCUT2D eigenvalue weighted by Gasteiger charge is -2.20. The summed E-state index contributed by atoms with van der Waals surface area (Å²) < 4.78 is 12.1. The Kier molecular flexibility index (Phi) is 5.63. The van der Waals surface area contributed by atoms with Crippen molar-refractivity contribution in [3.8, 4) is 11.5 Å². The second-order valence-electron chi connectivity index (χ2n) is 5.51. The van der Waals surface area contributed by atoms with Gasteiger partial charge in [0.05, 0.1) is 11.4 Å². The van der Waals surface area contributed by atoms with Crippen molar-refractivity contribution in [3.63, 3.8) is 0 Å². The van der Waals surface area contributed by atoms with Crippen molar-refractivity contribution in [3.05, 3.63) is 57.0 Å². The van der Waals surface area contributed by atoms with Crippen LogP contribution in [0, 0.1) is 0 Å². The van der Waals surface area contributed by atoms with Crippen LogP contribution < -0.4 is 14.8 Å². The molecule has 1 N–H and O–H groups in total. The van der Waals surface area contributed by atoms with E-state index in [4.69, 9.17) is 21.1 Å². The number of amides is 1. The van der Waals surface area contributed by atoms with Crippen molar-refractivity contribution in [1.82, 2.24) is 5.32 Å². The first-order chi connectivity index (χ1) is 11.6. The van der Waals surface area contributed by atoms with Crippen molar-refractivity contribution in [1.29, 1.82) is 0 Å². The van der Waals surface area contributed by atoms with Gasteiger partial charge in [-0.25, -0.2) is 0 Å². The van der Waals surface area contributed by atoms with Crippen LogP contribution in [0.4, 0.5) is 0 Å². The molecule has 0 fully saturated rings. The lowest BCUT2D eigenvalue weighted by Crippen LogP contribution is -2.27. The summed E-state index contributed by atoms with van der Waals surface area (Å²) >= 11 is 9.59. The van der Waals surface area contributed by atoms with E-state index in [1.165, 1.54) is 0 Å². The highest BCUT2D eigenvalue weighted by molar-refractivity contribution is 9.10. The Morgan fingerprint density at radius 1 is 1.12 bits per heavy atom. The molecule has 0 atom stereocenters. The van der Waals surface area contributed by atoms with E-state index in [1.807, 2.05) is 36.4 Å². The van der Waals surface area contributed by atoms with Gasteiger partial charge in [0.25, 0.3) is 0 Å². The molecule has 3 rings (SSSR count). The van der Waals surface area contributed by atoms with Crippen LogP contribution in [-0.2, 0) is 17.6 Å². The zero-order valence-electron chi connectivity index (χ0n) is 13.0. The summed E-state index contributed by atoms with van der Waals surface area (Å²) in [4.78, 5) is 12.0. The molecule has 126 valence electrons. The molecule has 0 unspecified atom stereocenters. The number of halogens is 2. The quantitative estimate of drug-likeness (QED) is 0.816. The SMILES string of the molecule is O=C(Cc1ccc(Br)cc1)NCCc1cc(Cl)c2c(c1)OCCO2. The van der Waals surface area contributed by atoms with Crippen LogP contribution >= 0.6 is 27.5 Å². The number of rotatable bonds is 5.